The van der Waals surface area contributed by atoms with E-state index in [-0.39, 0.29) is 35.6 Å². The second kappa shape index (κ2) is 10.3. The van der Waals surface area contributed by atoms with Crippen LogP contribution in [0.15, 0.2) is 34.9 Å². The maximum atomic E-state index is 14.7. The first-order valence-corrected chi connectivity index (χ1v) is 15.0. The van der Waals surface area contributed by atoms with E-state index in [0.29, 0.717) is 63.0 Å². The number of fused-ring (bicyclic) bond motifs is 3. The van der Waals surface area contributed by atoms with Crippen molar-refractivity contribution in [3.05, 3.63) is 68.1 Å². The summed E-state index contributed by atoms with van der Waals surface area (Å²) in [5.74, 6) is -1.54. The minimum absolute atomic E-state index is 0.0617. The first-order valence-electron chi connectivity index (χ1n) is 13.4. The number of hydrogen-bond donors (Lipinski definition) is 2. The number of benzene rings is 2. The van der Waals surface area contributed by atoms with E-state index in [1.807, 2.05) is 0 Å². The third kappa shape index (κ3) is 4.65. The van der Waals surface area contributed by atoms with Gasteiger partial charge in [0.25, 0.3) is 0 Å². The average molecular weight is 619 g/mol. The number of rotatable bonds is 7. The minimum Gasteiger partial charge on any atom is -0.478 e. The van der Waals surface area contributed by atoms with Crippen LogP contribution in [0.3, 0.4) is 0 Å². The first-order chi connectivity index (χ1) is 19.7. The lowest BCUT2D eigenvalue weighted by molar-refractivity contribution is -0.209. The molecule has 1 saturated heterocycles. The van der Waals surface area contributed by atoms with E-state index in [2.05, 4.69) is 10.1 Å². The number of hydrogen-bond acceptors (Lipinski definition) is 8. The molecule has 12 heteroatoms. The van der Waals surface area contributed by atoms with Gasteiger partial charge in [0, 0.05) is 28.9 Å². The molecule has 3 fully saturated rings. The third-order valence-electron chi connectivity index (χ3n) is 8.45. The molecular formula is C29H25Cl2FN2O6S. The van der Waals surface area contributed by atoms with Crippen molar-refractivity contribution < 1.29 is 33.4 Å². The van der Waals surface area contributed by atoms with Gasteiger partial charge in [-0.25, -0.2) is 14.2 Å². The number of nitrogens with zero attached hydrogens (tertiary/aromatic N) is 2. The second-order valence-electron chi connectivity index (χ2n) is 11.0. The highest BCUT2D eigenvalue weighted by Crippen LogP contribution is 2.52. The van der Waals surface area contributed by atoms with Crippen LogP contribution in [0.25, 0.3) is 21.5 Å². The summed E-state index contributed by atoms with van der Waals surface area (Å²) in [6, 6.07) is 7.65. The maximum absolute atomic E-state index is 14.7. The molecular weight excluding hydrogens is 594 g/mol. The van der Waals surface area contributed by atoms with Gasteiger partial charge in [0.2, 0.25) is 0 Å². The summed E-state index contributed by atoms with van der Waals surface area (Å²) in [4.78, 5) is 15.9. The van der Waals surface area contributed by atoms with Crippen molar-refractivity contribution in [1.82, 2.24) is 10.1 Å². The van der Waals surface area contributed by atoms with Crippen LogP contribution in [-0.4, -0.2) is 45.6 Å². The summed E-state index contributed by atoms with van der Waals surface area (Å²) >= 11 is 14.1. The zero-order chi connectivity index (χ0) is 28.5. The summed E-state index contributed by atoms with van der Waals surface area (Å²) < 4.78 is 33.2. The molecule has 4 aromatic rings. The van der Waals surface area contributed by atoms with Crippen LogP contribution in [0.2, 0.25) is 10.0 Å². The van der Waals surface area contributed by atoms with Gasteiger partial charge < -0.3 is 24.2 Å². The monoisotopic (exact) mass is 618 g/mol. The normalized spacial score (nSPS) is 26.0. The number of carboxylic acids is 1. The van der Waals surface area contributed by atoms with E-state index in [0.717, 1.165) is 41.6 Å². The van der Waals surface area contributed by atoms with Crippen molar-refractivity contribution in [3.63, 3.8) is 0 Å². The standard InChI is InChI=1S/C29H25Cl2FN2O6S/c30-19-2-1-3-20(31)23(19)24-18(26(40-34-24)13-4-5-13)12-39-17-8-15-10-38-11-16(9-17)29(15,37)28-33-25-21(32)6-14(27(35)36)7-22(25)41-28/h1-3,6-7,13,15-17,37H,4-5,8-12H2,(H,35,36)/t15-,16?,17?,29?/m0/s1. The van der Waals surface area contributed by atoms with Crippen LogP contribution in [0.5, 0.6) is 0 Å². The Kier molecular flexibility index (Phi) is 6.84. The van der Waals surface area contributed by atoms with Crippen LogP contribution in [0.1, 0.15) is 58.3 Å². The van der Waals surface area contributed by atoms with E-state index in [4.69, 9.17) is 37.2 Å². The molecule has 4 atom stereocenters. The number of aliphatic hydroxyl groups is 1. The summed E-state index contributed by atoms with van der Waals surface area (Å²) in [6.07, 6.45) is 2.85. The molecule has 41 heavy (non-hydrogen) atoms. The Morgan fingerprint density at radius 1 is 1.17 bits per heavy atom. The number of aromatic carboxylic acids is 1. The zero-order valence-corrected chi connectivity index (χ0v) is 23.9. The third-order valence-corrected chi connectivity index (χ3v) is 10.2. The van der Waals surface area contributed by atoms with Gasteiger partial charge in [-0.05, 0) is 49.9 Å². The quantitative estimate of drug-likeness (QED) is 0.232. The van der Waals surface area contributed by atoms with E-state index in [1.54, 1.807) is 18.2 Å². The molecule has 3 heterocycles. The summed E-state index contributed by atoms with van der Waals surface area (Å²) in [7, 11) is 0. The highest BCUT2D eigenvalue weighted by molar-refractivity contribution is 7.18. The SMILES string of the molecule is O=C(O)c1cc(F)c2nc(C3(O)C4COC[C@@H]3CC(OCc3c(-c5c(Cl)cccc5Cl)noc3C3CC3)C4)sc2c1. The van der Waals surface area contributed by atoms with Gasteiger partial charge in [0.05, 0.1) is 46.2 Å². The Morgan fingerprint density at radius 2 is 1.88 bits per heavy atom. The van der Waals surface area contributed by atoms with Crippen LogP contribution >= 0.6 is 34.5 Å². The molecule has 0 spiro atoms. The summed E-state index contributed by atoms with van der Waals surface area (Å²) in [5.41, 5.74) is 0.587. The fourth-order valence-electron chi connectivity index (χ4n) is 6.18. The second-order valence-corrected chi connectivity index (χ2v) is 12.9. The highest BCUT2D eigenvalue weighted by atomic mass is 35.5. The molecule has 2 N–H and O–H groups in total. The fraction of sp³-hybridized carbons (Fsp3) is 0.414. The number of thiazole rings is 1. The van der Waals surface area contributed by atoms with Gasteiger partial charge >= 0.3 is 5.97 Å². The molecule has 1 aliphatic heterocycles. The van der Waals surface area contributed by atoms with Crippen molar-refractivity contribution in [2.45, 2.75) is 49.9 Å². The number of ether oxygens (including phenoxy) is 2. The number of halogens is 3. The number of carboxylic acid groups (broad SMARTS) is 1. The van der Waals surface area contributed by atoms with Crippen LogP contribution in [-0.2, 0) is 21.7 Å². The molecule has 2 bridgehead atoms. The van der Waals surface area contributed by atoms with E-state index < -0.39 is 17.4 Å². The van der Waals surface area contributed by atoms with Gasteiger partial charge in [-0.1, -0.05) is 34.4 Å². The summed E-state index contributed by atoms with van der Waals surface area (Å²) in [5, 5.41) is 27.1. The molecule has 2 aliphatic carbocycles. The molecule has 3 unspecified atom stereocenters. The smallest absolute Gasteiger partial charge is 0.335 e. The first kappa shape index (κ1) is 27.2. The predicted octanol–water partition coefficient (Wildman–Crippen LogP) is 6.80. The molecule has 0 amide bonds. The largest absolute Gasteiger partial charge is 0.478 e. The van der Waals surface area contributed by atoms with Crippen LogP contribution < -0.4 is 0 Å². The van der Waals surface area contributed by atoms with Gasteiger partial charge in [0.1, 0.15) is 27.6 Å². The topological polar surface area (TPSA) is 115 Å². The molecule has 2 saturated carbocycles. The maximum Gasteiger partial charge on any atom is 0.335 e. The fourth-order valence-corrected chi connectivity index (χ4v) is 8.03. The van der Waals surface area contributed by atoms with Crippen molar-refractivity contribution in [1.29, 1.82) is 0 Å². The Balaban J connectivity index is 1.15. The van der Waals surface area contributed by atoms with Gasteiger partial charge in [0.15, 0.2) is 5.82 Å². The van der Waals surface area contributed by atoms with Crippen molar-refractivity contribution in [2.24, 2.45) is 11.8 Å². The number of aromatic nitrogens is 2. The predicted molar refractivity (Wildman–Crippen MR) is 150 cm³/mol. The van der Waals surface area contributed by atoms with E-state index >= 15 is 0 Å². The van der Waals surface area contributed by atoms with Crippen LogP contribution in [0.4, 0.5) is 4.39 Å². The van der Waals surface area contributed by atoms with Gasteiger partial charge in [-0.15, -0.1) is 11.3 Å². The Bertz CT molecular complexity index is 1640. The Labute approximate surface area is 248 Å². The van der Waals surface area contributed by atoms with Crippen molar-refractivity contribution >= 4 is 50.7 Å². The average Bonchev–Trinajstić information content (AvgIpc) is 3.52. The molecule has 7 rings (SSSR count). The lowest BCUT2D eigenvalue weighted by atomic mass is 9.66. The zero-order valence-electron chi connectivity index (χ0n) is 21.6. The van der Waals surface area contributed by atoms with Gasteiger partial charge in [-0.2, -0.15) is 0 Å². The van der Waals surface area contributed by atoms with Gasteiger partial charge in [-0.3, -0.25) is 0 Å². The van der Waals surface area contributed by atoms with E-state index in [1.165, 1.54) is 6.07 Å². The molecule has 3 aliphatic rings. The lowest BCUT2D eigenvalue weighted by Gasteiger charge is -2.50. The molecule has 214 valence electrons. The minimum atomic E-state index is -1.34. The Morgan fingerprint density at radius 3 is 2.54 bits per heavy atom. The van der Waals surface area contributed by atoms with Crippen LogP contribution in [0, 0.1) is 17.7 Å². The molecule has 2 aromatic heterocycles. The molecule has 0 radical (unpaired) electrons. The van der Waals surface area contributed by atoms with Crippen molar-refractivity contribution in [2.75, 3.05) is 13.2 Å². The molecule has 2 aromatic carbocycles. The van der Waals surface area contributed by atoms with E-state index in [9.17, 15) is 19.4 Å². The highest BCUT2D eigenvalue weighted by Gasteiger charge is 2.55. The van der Waals surface area contributed by atoms with Crippen molar-refractivity contribution in [3.8, 4) is 11.3 Å². The number of carbonyl (C=O) groups is 1. The molecule has 8 nitrogen and oxygen atoms in total. The Hall–Kier alpha value is -2.60. The summed E-state index contributed by atoms with van der Waals surface area (Å²) in [6.45, 7) is 0.847. The lowest BCUT2D eigenvalue weighted by Crippen LogP contribution is -2.55.